The van der Waals surface area contributed by atoms with Crippen LogP contribution in [0, 0.1) is 0 Å². The van der Waals surface area contributed by atoms with Gasteiger partial charge in [-0.1, -0.05) is 67.3 Å². The molecule has 0 saturated heterocycles. The van der Waals surface area contributed by atoms with E-state index in [1.807, 2.05) is 0 Å². The summed E-state index contributed by atoms with van der Waals surface area (Å²) in [6, 6.07) is 19.0. The lowest BCUT2D eigenvalue weighted by atomic mass is 9.86. The summed E-state index contributed by atoms with van der Waals surface area (Å²) in [6.45, 7) is 4.15. The Labute approximate surface area is 102 Å². The number of allylic oxidation sites excluding steroid dienone is 3. The lowest BCUT2D eigenvalue weighted by Gasteiger charge is -2.18. The van der Waals surface area contributed by atoms with Gasteiger partial charge in [-0.25, -0.2) is 0 Å². The summed E-state index contributed by atoms with van der Waals surface area (Å²) in [5.74, 6) is 0. The van der Waals surface area contributed by atoms with Crippen molar-refractivity contribution in [1.82, 2.24) is 0 Å². The van der Waals surface area contributed by atoms with Gasteiger partial charge in [0, 0.05) is 0 Å². The first kappa shape index (κ1) is 10.1. The van der Waals surface area contributed by atoms with Crippen LogP contribution in [0.2, 0.25) is 0 Å². The molecule has 0 aliphatic heterocycles. The van der Waals surface area contributed by atoms with Crippen molar-refractivity contribution in [2.75, 3.05) is 0 Å². The average molecular weight is 218 g/mol. The number of hydrogen-bond donors (Lipinski definition) is 0. The second-order valence-corrected chi connectivity index (χ2v) is 4.39. The molecule has 0 heteroatoms. The Morgan fingerprint density at radius 1 is 0.824 bits per heavy atom. The fourth-order valence-corrected chi connectivity index (χ4v) is 2.37. The molecular formula is C17H14. The van der Waals surface area contributed by atoms with E-state index in [-0.39, 0.29) is 0 Å². The lowest BCUT2D eigenvalue weighted by molar-refractivity contribution is 1.24. The Morgan fingerprint density at radius 2 is 1.53 bits per heavy atom. The van der Waals surface area contributed by atoms with Crippen LogP contribution in [0.15, 0.2) is 67.3 Å². The van der Waals surface area contributed by atoms with E-state index in [0.717, 1.165) is 12.0 Å². The second kappa shape index (κ2) is 4.06. The second-order valence-electron chi connectivity index (χ2n) is 4.39. The Morgan fingerprint density at radius 3 is 2.35 bits per heavy atom. The van der Waals surface area contributed by atoms with E-state index in [1.165, 1.54) is 22.3 Å². The molecule has 0 heterocycles. The van der Waals surface area contributed by atoms with E-state index in [2.05, 4.69) is 67.3 Å². The van der Waals surface area contributed by atoms with Crippen LogP contribution in [0.1, 0.15) is 16.7 Å². The van der Waals surface area contributed by atoms with Gasteiger partial charge in [-0.15, -0.1) is 0 Å². The molecular weight excluding hydrogens is 204 g/mol. The molecule has 0 aromatic heterocycles. The normalized spacial score (nSPS) is 14.1. The molecule has 0 saturated carbocycles. The van der Waals surface area contributed by atoms with E-state index in [4.69, 9.17) is 0 Å². The van der Waals surface area contributed by atoms with Gasteiger partial charge in [-0.05, 0) is 34.3 Å². The van der Waals surface area contributed by atoms with Gasteiger partial charge in [0.25, 0.3) is 0 Å². The van der Waals surface area contributed by atoms with Gasteiger partial charge >= 0.3 is 0 Å². The fourth-order valence-electron chi connectivity index (χ4n) is 2.37. The van der Waals surface area contributed by atoms with E-state index < -0.39 is 0 Å². The van der Waals surface area contributed by atoms with Crippen molar-refractivity contribution in [2.45, 2.75) is 6.42 Å². The molecule has 0 unspecified atom stereocenters. The lowest BCUT2D eigenvalue weighted by Crippen LogP contribution is -2.01. The maximum Gasteiger partial charge on any atom is -0.00135 e. The third-order valence-corrected chi connectivity index (χ3v) is 3.24. The highest BCUT2D eigenvalue weighted by Gasteiger charge is 2.13. The standard InChI is InChI=1S/C17H14/c1-13-11-16(14-7-3-2-4-8-14)12-15-9-5-6-10-17(13)15/h2-11H,1,12H2. The highest BCUT2D eigenvalue weighted by molar-refractivity contribution is 5.88. The molecule has 0 amide bonds. The highest BCUT2D eigenvalue weighted by Crippen LogP contribution is 2.32. The van der Waals surface area contributed by atoms with Crippen molar-refractivity contribution in [2.24, 2.45) is 0 Å². The maximum atomic E-state index is 4.15. The summed E-state index contributed by atoms with van der Waals surface area (Å²) in [6.07, 6.45) is 3.21. The third kappa shape index (κ3) is 1.83. The topological polar surface area (TPSA) is 0 Å². The van der Waals surface area contributed by atoms with Crippen molar-refractivity contribution in [3.8, 4) is 0 Å². The van der Waals surface area contributed by atoms with Gasteiger partial charge < -0.3 is 0 Å². The SMILES string of the molecule is C=C1C=C(c2ccccc2)Cc2ccccc21. The monoisotopic (exact) mass is 218 g/mol. The molecule has 2 aromatic rings. The molecule has 1 aliphatic carbocycles. The molecule has 0 bridgehead atoms. The summed E-state index contributed by atoms with van der Waals surface area (Å²) in [4.78, 5) is 0. The molecule has 0 radical (unpaired) electrons. The van der Waals surface area contributed by atoms with Gasteiger partial charge in [0.2, 0.25) is 0 Å². The molecule has 0 fully saturated rings. The molecule has 0 nitrogen and oxygen atoms in total. The fraction of sp³-hybridized carbons (Fsp3) is 0.0588. The minimum atomic E-state index is 0.999. The van der Waals surface area contributed by atoms with Crippen LogP contribution in [0.5, 0.6) is 0 Å². The Bertz CT molecular complexity index is 588. The first-order valence-corrected chi connectivity index (χ1v) is 5.88. The van der Waals surface area contributed by atoms with Gasteiger partial charge in [0.1, 0.15) is 0 Å². The van der Waals surface area contributed by atoms with Crippen LogP contribution < -0.4 is 0 Å². The Hall–Kier alpha value is -2.08. The van der Waals surface area contributed by atoms with E-state index in [0.29, 0.717) is 0 Å². The summed E-state index contributed by atoms with van der Waals surface area (Å²) >= 11 is 0. The minimum absolute atomic E-state index is 0.999. The highest BCUT2D eigenvalue weighted by atomic mass is 14.2. The summed E-state index contributed by atoms with van der Waals surface area (Å²) < 4.78 is 0. The Kier molecular flexibility index (Phi) is 2.41. The molecule has 1 aliphatic rings. The van der Waals surface area contributed by atoms with E-state index in [1.54, 1.807) is 0 Å². The van der Waals surface area contributed by atoms with Crippen LogP contribution >= 0.6 is 0 Å². The van der Waals surface area contributed by atoms with E-state index in [9.17, 15) is 0 Å². The van der Waals surface area contributed by atoms with Crippen molar-refractivity contribution in [3.05, 3.63) is 83.9 Å². The zero-order valence-corrected chi connectivity index (χ0v) is 9.69. The van der Waals surface area contributed by atoms with Gasteiger partial charge in [-0.3, -0.25) is 0 Å². The molecule has 0 atom stereocenters. The summed E-state index contributed by atoms with van der Waals surface area (Å²) in [7, 11) is 0. The predicted octanol–water partition coefficient (Wildman–Crippen LogP) is 4.34. The molecule has 0 spiro atoms. The summed E-state index contributed by atoms with van der Waals surface area (Å²) in [5.41, 5.74) is 6.43. The van der Waals surface area contributed by atoms with Crippen LogP contribution in [-0.4, -0.2) is 0 Å². The van der Waals surface area contributed by atoms with Crippen LogP contribution in [0.4, 0.5) is 0 Å². The van der Waals surface area contributed by atoms with Crippen LogP contribution in [0.3, 0.4) is 0 Å². The first-order valence-electron chi connectivity index (χ1n) is 5.88. The number of hydrogen-bond acceptors (Lipinski definition) is 0. The van der Waals surface area contributed by atoms with Crippen molar-refractivity contribution in [1.29, 1.82) is 0 Å². The zero-order chi connectivity index (χ0) is 11.7. The van der Waals surface area contributed by atoms with Crippen molar-refractivity contribution >= 4 is 11.1 Å². The van der Waals surface area contributed by atoms with E-state index >= 15 is 0 Å². The van der Waals surface area contributed by atoms with Gasteiger partial charge in [0.05, 0.1) is 0 Å². The number of fused-ring (bicyclic) bond motifs is 1. The molecule has 17 heavy (non-hydrogen) atoms. The van der Waals surface area contributed by atoms with Crippen LogP contribution in [-0.2, 0) is 6.42 Å². The van der Waals surface area contributed by atoms with Gasteiger partial charge in [-0.2, -0.15) is 0 Å². The largest absolute Gasteiger partial charge is 0.0911 e. The number of benzene rings is 2. The molecule has 2 aromatic carbocycles. The quantitative estimate of drug-likeness (QED) is 0.668. The zero-order valence-electron chi connectivity index (χ0n) is 9.69. The number of rotatable bonds is 1. The third-order valence-electron chi connectivity index (χ3n) is 3.24. The van der Waals surface area contributed by atoms with Crippen molar-refractivity contribution < 1.29 is 0 Å². The Balaban J connectivity index is 2.05. The van der Waals surface area contributed by atoms with Crippen molar-refractivity contribution in [3.63, 3.8) is 0 Å². The molecule has 3 rings (SSSR count). The minimum Gasteiger partial charge on any atom is -0.0911 e. The molecule has 82 valence electrons. The molecule has 0 N–H and O–H groups in total. The predicted molar refractivity (Wildman–Crippen MR) is 73.6 cm³/mol. The van der Waals surface area contributed by atoms with Crippen LogP contribution in [0.25, 0.3) is 11.1 Å². The summed E-state index contributed by atoms with van der Waals surface area (Å²) in [5, 5.41) is 0. The van der Waals surface area contributed by atoms with Gasteiger partial charge in [0.15, 0.2) is 0 Å². The maximum absolute atomic E-state index is 4.15. The first-order chi connectivity index (χ1) is 8.34. The average Bonchev–Trinajstić information content (AvgIpc) is 2.40. The smallest absolute Gasteiger partial charge is 0.00135 e.